The van der Waals surface area contributed by atoms with Crippen LogP contribution in [0.25, 0.3) is 0 Å². The molecule has 2 aromatic carbocycles. The van der Waals surface area contributed by atoms with Crippen LogP contribution in [0.5, 0.6) is 5.75 Å². The Morgan fingerprint density at radius 3 is 2.04 bits per heavy atom. The molecule has 2 nitrogen and oxygen atoms in total. The van der Waals surface area contributed by atoms with Crippen LogP contribution in [0.15, 0.2) is 48.5 Å². The van der Waals surface area contributed by atoms with Gasteiger partial charge < -0.3 is 9.64 Å². The standard InChI is InChI=1S/C23H30FNO/c24-22-12-14-23(15-13-22)26-19-4-1-6-20-8-10-21(11-9-20)7-5-18-25-16-2-3-17-25/h8-15H,1-7,16-19H2. The molecule has 1 fully saturated rings. The van der Waals surface area contributed by atoms with Crippen LogP contribution in [0.4, 0.5) is 4.39 Å². The summed E-state index contributed by atoms with van der Waals surface area (Å²) < 4.78 is 18.5. The summed E-state index contributed by atoms with van der Waals surface area (Å²) in [5.74, 6) is 0.515. The molecule has 0 spiro atoms. The number of hydrogen-bond donors (Lipinski definition) is 0. The van der Waals surface area contributed by atoms with E-state index in [1.54, 1.807) is 12.1 Å². The van der Waals surface area contributed by atoms with E-state index < -0.39 is 0 Å². The number of halogens is 1. The minimum absolute atomic E-state index is 0.225. The normalized spacial score (nSPS) is 14.7. The summed E-state index contributed by atoms with van der Waals surface area (Å²) in [6, 6.07) is 15.3. The Hall–Kier alpha value is -1.87. The highest BCUT2D eigenvalue weighted by Crippen LogP contribution is 2.14. The number of ether oxygens (including phenoxy) is 1. The fraction of sp³-hybridized carbons (Fsp3) is 0.478. The smallest absolute Gasteiger partial charge is 0.123 e. The zero-order chi connectivity index (χ0) is 18.0. The molecule has 3 heteroatoms. The zero-order valence-corrected chi connectivity index (χ0v) is 15.6. The van der Waals surface area contributed by atoms with Gasteiger partial charge in [-0.3, -0.25) is 0 Å². The maximum absolute atomic E-state index is 12.8. The lowest BCUT2D eigenvalue weighted by Crippen LogP contribution is -2.20. The Kier molecular flexibility index (Phi) is 7.51. The lowest BCUT2D eigenvalue weighted by Gasteiger charge is -2.14. The number of benzene rings is 2. The van der Waals surface area contributed by atoms with E-state index in [9.17, 15) is 4.39 Å². The van der Waals surface area contributed by atoms with Gasteiger partial charge in [0.05, 0.1) is 6.61 Å². The van der Waals surface area contributed by atoms with Crippen molar-refractivity contribution in [3.63, 3.8) is 0 Å². The predicted octanol–water partition coefficient (Wildman–Crippen LogP) is 5.26. The summed E-state index contributed by atoms with van der Waals surface area (Å²) in [5, 5.41) is 0. The summed E-state index contributed by atoms with van der Waals surface area (Å²) in [6.07, 6.45) is 8.40. The topological polar surface area (TPSA) is 12.5 Å². The van der Waals surface area contributed by atoms with Crippen LogP contribution in [0.2, 0.25) is 0 Å². The predicted molar refractivity (Wildman–Crippen MR) is 105 cm³/mol. The van der Waals surface area contributed by atoms with E-state index in [2.05, 4.69) is 29.2 Å². The molecule has 1 aliphatic heterocycles. The molecule has 2 aromatic rings. The lowest BCUT2D eigenvalue weighted by atomic mass is 10.0. The Morgan fingerprint density at radius 2 is 1.38 bits per heavy atom. The molecule has 140 valence electrons. The van der Waals surface area contributed by atoms with Crippen molar-refractivity contribution < 1.29 is 9.13 Å². The van der Waals surface area contributed by atoms with Gasteiger partial charge in [-0.2, -0.15) is 0 Å². The first-order chi connectivity index (χ1) is 12.8. The fourth-order valence-electron chi connectivity index (χ4n) is 3.54. The molecule has 3 rings (SSSR count). The van der Waals surface area contributed by atoms with Crippen LogP contribution in [-0.4, -0.2) is 31.1 Å². The van der Waals surface area contributed by atoms with Crippen LogP contribution in [0.3, 0.4) is 0 Å². The highest BCUT2D eigenvalue weighted by atomic mass is 19.1. The van der Waals surface area contributed by atoms with Gasteiger partial charge in [-0.05, 0) is 100.0 Å². The number of aryl methyl sites for hydroxylation is 2. The first-order valence-corrected chi connectivity index (χ1v) is 9.98. The summed E-state index contributed by atoms with van der Waals surface area (Å²) in [6.45, 7) is 4.52. The Bertz CT molecular complexity index is 632. The van der Waals surface area contributed by atoms with Gasteiger partial charge in [-0.1, -0.05) is 24.3 Å². The lowest BCUT2D eigenvalue weighted by molar-refractivity contribution is 0.306. The average Bonchev–Trinajstić information content (AvgIpc) is 3.18. The van der Waals surface area contributed by atoms with Crippen LogP contribution >= 0.6 is 0 Å². The fourth-order valence-corrected chi connectivity index (χ4v) is 3.54. The minimum atomic E-state index is -0.225. The molecule has 0 atom stereocenters. The summed E-state index contributed by atoms with van der Waals surface area (Å²) in [4.78, 5) is 2.59. The highest BCUT2D eigenvalue weighted by Gasteiger charge is 2.10. The van der Waals surface area contributed by atoms with E-state index in [1.807, 2.05) is 0 Å². The van der Waals surface area contributed by atoms with Gasteiger partial charge in [-0.25, -0.2) is 4.39 Å². The van der Waals surface area contributed by atoms with E-state index in [0.29, 0.717) is 6.61 Å². The van der Waals surface area contributed by atoms with Gasteiger partial charge in [0.25, 0.3) is 0 Å². The van der Waals surface area contributed by atoms with E-state index in [4.69, 9.17) is 4.74 Å². The number of unbranched alkanes of at least 4 members (excludes halogenated alkanes) is 1. The summed E-state index contributed by atoms with van der Waals surface area (Å²) in [5.41, 5.74) is 2.85. The molecule has 1 heterocycles. The zero-order valence-electron chi connectivity index (χ0n) is 15.6. The third-order valence-electron chi connectivity index (χ3n) is 5.10. The van der Waals surface area contributed by atoms with Gasteiger partial charge >= 0.3 is 0 Å². The first kappa shape index (κ1) is 18.9. The van der Waals surface area contributed by atoms with Crippen LogP contribution in [0.1, 0.15) is 43.2 Å². The van der Waals surface area contributed by atoms with Gasteiger partial charge in [-0.15, -0.1) is 0 Å². The molecule has 26 heavy (non-hydrogen) atoms. The molecular weight excluding hydrogens is 325 g/mol. The first-order valence-electron chi connectivity index (χ1n) is 9.98. The van der Waals surface area contributed by atoms with Crippen LogP contribution < -0.4 is 4.74 Å². The molecule has 0 radical (unpaired) electrons. The highest BCUT2D eigenvalue weighted by molar-refractivity contribution is 5.23. The molecule has 0 amide bonds. The maximum Gasteiger partial charge on any atom is 0.123 e. The molecule has 1 aliphatic rings. The number of rotatable bonds is 10. The molecule has 0 N–H and O–H groups in total. The van der Waals surface area contributed by atoms with E-state index in [-0.39, 0.29) is 5.82 Å². The minimum Gasteiger partial charge on any atom is -0.494 e. The maximum atomic E-state index is 12.8. The van der Waals surface area contributed by atoms with Gasteiger partial charge in [0.2, 0.25) is 0 Å². The van der Waals surface area contributed by atoms with Gasteiger partial charge in [0.15, 0.2) is 0 Å². The van der Waals surface area contributed by atoms with Gasteiger partial charge in [0.1, 0.15) is 11.6 Å². The Morgan fingerprint density at radius 1 is 0.769 bits per heavy atom. The van der Waals surface area contributed by atoms with Crippen molar-refractivity contribution in [2.24, 2.45) is 0 Å². The number of nitrogens with zero attached hydrogens (tertiary/aromatic N) is 1. The van der Waals surface area contributed by atoms with Crippen molar-refractivity contribution in [3.05, 3.63) is 65.5 Å². The number of hydrogen-bond acceptors (Lipinski definition) is 2. The van der Waals surface area contributed by atoms with Crippen molar-refractivity contribution in [3.8, 4) is 5.75 Å². The molecular formula is C23H30FNO. The summed E-state index contributed by atoms with van der Waals surface area (Å²) >= 11 is 0. The number of likely N-dealkylation sites (tertiary alicyclic amines) is 1. The van der Waals surface area contributed by atoms with Crippen LogP contribution in [0, 0.1) is 5.82 Å². The van der Waals surface area contributed by atoms with Crippen molar-refractivity contribution in [1.29, 1.82) is 0 Å². The Balaban J connectivity index is 1.28. The summed E-state index contributed by atoms with van der Waals surface area (Å²) in [7, 11) is 0. The Labute approximate surface area is 157 Å². The molecule has 1 saturated heterocycles. The SMILES string of the molecule is Fc1ccc(OCCCCc2ccc(CCCN3CCCC3)cc2)cc1. The second-order valence-electron chi connectivity index (χ2n) is 7.23. The molecule has 0 bridgehead atoms. The second-order valence-corrected chi connectivity index (χ2v) is 7.23. The van der Waals surface area contributed by atoms with Crippen molar-refractivity contribution >= 4 is 0 Å². The van der Waals surface area contributed by atoms with Crippen molar-refractivity contribution in [1.82, 2.24) is 4.90 Å². The molecule has 0 saturated carbocycles. The van der Waals surface area contributed by atoms with Gasteiger partial charge in [0, 0.05) is 0 Å². The third kappa shape index (κ3) is 6.45. The molecule has 0 aromatic heterocycles. The van der Waals surface area contributed by atoms with E-state index in [0.717, 1.165) is 25.0 Å². The van der Waals surface area contributed by atoms with E-state index >= 15 is 0 Å². The molecule has 0 unspecified atom stereocenters. The quantitative estimate of drug-likeness (QED) is 0.539. The largest absolute Gasteiger partial charge is 0.494 e. The third-order valence-corrected chi connectivity index (χ3v) is 5.10. The van der Waals surface area contributed by atoms with Crippen molar-refractivity contribution in [2.75, 3.05) is 26.2 Å². The monoisotopic (exact) mass is 355 g/mol. The van der Waals surface area contributed by atoms with Crippen LogP contribution in [-0.2, 0) is 12.8 Å². The van der Waals surface area contributed by atoms with Crippen molar-refractivity contribution in [2.45, 2.75) is 44.9 Å². The van der Waals surface area contributed by atoms with E-state index in [1.165, 1.54) is 68.6 Å². The second kappa shape index (κ2) is 10.3. The average molecular weight is 355 g/mol. The molecule has 0 aliphatic carbocycles.